The topological polar surface area (TPSA) is 78.9 Å². The first-order valence-electron chi connectivity index (χ1n) is 8.07. The van der Waals surface area contributed by atoms with Gasteiger partial charge in [-0.15, -0.1) is 0 Å². The lowest BCUT2D eigenvalue weighted by atomic mass is 9.88. The predicted octanol–water partition coefficient (Wildman–Crippen LogP) is 2.62. The van der Waals surface area contributed by atoms with Crippen LogP contribution in [-0.4, -0.2) is 52.3 Å². The number of carboxylic acid groups (broad SMARTS) is 1. The van der Waals surface area contributed by atoms with E-state index in [4.69, 9.17) is 9.84 Å². The predicted molar refractivity (Wildman–Crippen MR) is 84.9 cm³/mol. The number of aliphatic carboxylic acids is 1. The Morgan fingerprint density at radius 1 is 1.27 bits per heavy atom. The summed E-state index contributed by atoms with van der Waals surface area (Å²) < 4.78 is 5.33. The Morgan fingerprint density at radius 2 is 1.86 bits per heavy atom. The zero-order valence-electron chi connectivity index (χ0n) is 14.4. The van der Waals surface area contributed by atoms with E-state index in [0.717, 1.165) is 25.7 Å². The number of carboxylic acids is 1. The molecule has 0 aliphatic heterocycles. The highest BCUT2D eigenvalue weighted by molar-refractivity contribution is 5.69. The number of alkyl carbamates (subject to hydrolysis) is 1. The Bertz CT molecular complexity index is 390. The van der Waals surface area contributed by atoms with Gasteiger partial charge in [-0.2, -0.15) is 0 Å². The number of rotatable bonds is 5. The van der Waals surface area contributed by atoms with Gasteiger partial charge in [-0.3, -0.25) is 9.69 Å². The molecule has 0 saturated heterocycles. The van der Waals surface area contributed by atoms with Crippen LogP contribution in [0.3, 0.4) is 0 Å². The number of nitrogens with zero attached hydrogens (tertiary/aromatic N) is 1. The lowest BCUT2D eigenvalue weighted by molar-refractivity contribution is -0.139. The zero-order chi connectivity index (χ0) is 16.9. The smallest absolute Gasteiger partial charge is 0.407 e. The molecule has 0 radical (unpaired) electrons. The molecule has 1 amide bonds. The van der Waals surface area contributed by atoms with Crippen LogP contribution >= 0.6 is 0 Å². The summed E-state index contributed by atoms with van der Waals surface area (Å²) in [5.41, 5.74) is -0.535. The van der Waals surface area contributed by atoms with Crippen LogP contribution in [0.5, 0.6) is 0 Å². The van der Waals surface area contributed by atoms with Gasteiger partial charge in [-0.25, -0.2) is 4.79 Å². The van der Waals surface area contributed by atoms with Crippen molar-refractivity contribution in [3.8, 4) is 0 Å². The summed E-state index contributed by atoms with van der Waals surface area (Å²) in [5, 5.41) is 12.1. The van der Waals surface area contributed by atoms with Crippen LogP contribution in [-0.2, 0) is 9.53 Å². The van der Waals surface area contributed by atoms with Crippen molar-refractivity contribution in [1.29, 1.82) is 0 Å². The first-order chi connectivity index (χ1) is 10.1. The normalized spacial score (nSPS) is 22.7. The van der Waals surface area contributed by atoms with Crippen LogP contribution in [0.15, 0.2) is 0 Å². The number of hydrogen-bond acceptors (Lipinski definition) is 4. The van der Waals surface area contributed by atoms with E-state index < -0.39 is 17.7 Å². The van der Waals surface area contributed by atoms with Gasteiger partial charge >= 0.3 is 12.1 Å². The fourth-order valence-corrected chi connectivity index (χ4v) is 2.97. The van der Waals surface area contributed by atoms with Gasteiger partial charge in [0, 0.05) is 18.1 Å². The van der Waals surface area contributed by atoms with Crippen molar-refractivity contribution in [2.75, 3.05) is 6.54 Å². The SMILES string of the molecule is CC(C)N(CC(=O)O)[C@@H]1CCCC[C@H]1NC(=O)OC(C)(C)C. The third-order valence-corrected chi connectivity index (χ3v) is 3.84. The number of ether oxygens (including phenoxy) is 1. The van der Waals surface area contributed by atoms with E-state index in [0.29, 0.717) is 0 Å². The van der Waals surface area contributed by atoms with E-state index in [9.17, 15) is 9.59 Å². The van der Waals surface area contributed by atoms with Crippen molar-refractivity contribution in [2.45, 2.75) is 84.0 Å². The van der Waals surface area contributed by atoms with Gasteiger partial charge in [0.15, 0.2) is 0 Å². The van der Waals surface area contributed by atoms with E-state index in [2.05, 4.69) is 5.32 Å². The molecule has 0 aromatic rings. The lowest BCUT2D eigenvalue weighted by Crippen LogP contribution is -2.56. The molecule has 2 N–H and O–H groups in total. The molecule has 6 nitrogen and oxygen atoms in total. The summed E-state index contributed by atoms with van der Waals surface area (Å²) in [4.78, 5) is 25.1. The molecule has 1 fully saturated rings. The molecular formula is C16H30N2O4. The Kier molecular flexibility index (Phi) is 6.66. The van der Waals surface area contributed by atoms with Gasteiger partial charge in [0.25, 0.3) is 0 Å². The summed E-state index contributed by atoms with van der Waals surface area (Å²) >= 11 is 0. The van der Waals surface area contributed by atoms with Crippen molar-refractivity contribution < 1.29 is 19.4 Å². The number of hydrogen-bond donors (Lipinski definition) is 2. The molecule has 0 bridgehead atoms. The van der Waals surface area contributed by atoms with Crippen molar-refractivity contribution in [3.63, 3.8) is 0 Å². The average Bonchev–Trinajstić information content (AvgIpc) is 2.34. The highest BCUT2D eigenvalue weighted by atomic mass is 16.6. The summed E-state index contributed by atoms with van der Waals surface area (Å²) in [6.45, 7) is 9.46. The standard InChI is InChI=1S/C16H30N2O4/c1-11(2)18(10-14(19)20)13-9-7-6-8-12(13)17-15(21)22-16(3,4)5/h11-13H,6-10H2,1-5H3,(H,17,21)(H,19,20)/t12-,13-/m1/s1. The maximum absolute atomic E-state index is 12.0. The molecule has 6 heteroatoms. The number of amides is 1. The lowest BCUT2D eigenvalue weighted by Gasteiger charge is -2.41. The first kappa shape index (κ1) is 18.7. The summed E-state index contributed by atoms with van der Waals surface area (Å²) in [5.74, 6) is -0.838. The van der Waals surface area contributed by atoms with Gasteiger partial charge in [-0.05, 0) is 47.5 Å². The van der Waals surface area contributed by atoms with E-state index in [1.807, 2.05) is 39.5 Å². The molecule has 1 rings (SSSR count). The van der Waals surface area contributed by atoms with Crippen molar-refractivity contribution >= 4 is 12.1 Å². The molecule has 0 spiro atoms. The molecular weight excluding hydrogens is 284 g/mol. The molecule has 0 unspecified atom stereocenters. The summed E-state index contributed by atoms with van der Waals surface area (Å²) in [6, 6.07) is 0.0878. The number of carbonyl (C=O) groups excluding carboxylic acids is 1. The minimum absolute atomic E-state index is 0.00513. The Morgan fingerprint density at radius 3 is 2.36 bits per heavy atom. The molecule has 1 aliphatic rings. The van der Waals surface area contributed by atoms with E-state index in [1.165, 1.54) is 0 Å². The molecule has 128 valence electrons. The summed E-state index contributed by atoms with van der Waals surface area (Å²) in [6.07, 6.45) is 3.41. The molecule has 1 saturated carbocycles. The van der Waals surface area contributed by atoms with Crippen molar-refractivity contribution in [2.24, 2.45) is 0 Å². The van der Waals surface area contributed by atoms with Gasteiger partial charge in [0.1, 0.15) is 5.60 Å². The highest BCUT2D eigenvalue weighted by Crippen LogP contribution is 2.25. The van der Waals surface area contributed by atoms with E-state index >= 15 is 0 Å². The number of nitrogens with one attached hydrogen (secondary N) is 1. The number of carbonyl (C=O) groups is 2. The van der Waals surface area contributed by atoms with Gasteiger partial charge in [-0.1, -0.05) is 12.8 Å². The second kappa shape index (κ2) is 7.81. The maximum atomic E-state index is 12.0. The van der Waals surface area contributed by atoms with Crippen LogP contribution in [0.25, 0.3) is 0 Å². The molecule has 2 atom stereocenters. The first-order valence-corrected chi connectivity index (χ1v) is 8.07. The van der Waals surface area contributed by atoms with Crippen LogP contribution < -0.4 is 5.32 Å². The van der Waals surface area contributed by atoms with Gasteiger partial charge in [0.2, 0.25) is 0 Å². The second-order valence-electron chi connectivity index (χ2n) is 7.26. The zero-order valence-corrected chi connectivity index (χ0v) is 14.4. The van der Waals surface area contributed by atoms with E-state index in [-0.39, 0.29) is 24.7 Å². The third-order valence-electron chi connectivity index (χ3n) is 3.84. The summed E-state index contributed by atoms with van der Waals surface area (Å²) in [7, 11) is 0. The van der Waals surface area contributed by atoms with Gasteiger partial charge < -0.3 is 15.2 Å². The highest BCUT2D eigenvalue weighted by Gasteiger charge is 2.34. The minimum atomic E-state index is -0.838. The molecule has 22 heavy (non-hydrogen) atoms. The van der Waals surface area contributed by atoms with Crippen molar-refractivity contribution in [1.82, 2.24) is 10.2 Å². The Hall–Kier alpha value is -1.30. The minimum Gasteiger partial charge on any atom is -0.480 e. The largest absolute Gasteiger partial charge is 0.480 e. The molecule has 0 aromatic carbocycles. The fraction of sp³-hybridized carbons (Fsp3) is 0.875. The quantitative estimate of drug-likeness (QED) is 0.815. The van der Waals surface area contributed by atoms with Crippen LogP contribution in [0.4, 0.5) is 4.79 Å². The third kappa shape index (κ3) is 6.22. The molecule has 0 heterocycles. The van der Waals surface area contributed by atoms with Gasteiger partial charge in [0.05, 0.1) is 6.54 Å². The van der Waals surface area contributed by atoms with E-state index in [1.54, 1.807) is 0 Å². The van der Waals surface area contributed by atoms with Crippen molar-refractivity contribution in [3.05, 3.63) is 0 Å². The Labute approximate surface area is 133 Å². The van der Waals surface area contributed by atoms with Crippen LogP contribution in [0.1, 0.15) is 60.3 Å². The second-order valence-corrected chi connectivity index (χ2v) is 7.26. The fourth-order valence-electron chi connectivity index (χ4n) is 2.97. The maximum Gasteiger partial charge on any atom is 0.407 e. The molecule has 1 aliphatic carbocycles. The average molecular weight is 314 g/mol. The van der Waals surface area contributed by atoms with Crippen LogP contribution in [0.2, 0.25) is 0 Å². The Balaban J connectivity index is 2.76. The van der Waals surface area contributed by atoms with Crippen LogP contribution in [0, 0.1) is 0 Å². The monoisotopic (exact) mass is 314 g/mol. The molecule has 0 aromatic heterocycles.